The van der Waals surface area contributed by atoms with Crippen molar-refractivity contribution in [2.75, 3.05) is 13.2 Å². The molecule has 0 radical (unpaired) electrons. The quantitative estimate of drug-likeness (QED) is 0.547. The molecule has 2 aliphatic rings. The van der Waals surface area contributed by atoms with Gasteiger partial charge in [-0.25, -0.2) is 9.59 Å². The molecule has 1 aliphatic carbocycles. The van der Waals surface area contributed by atoms with Gasteiger partial charge in [0, 0.05) is 12.5 Å². The van der Waals surface area contributed by atoms with E-state index in [1.807, 2.05) is 48.5 Å². The number of hydrogen-bond donors (Lipinski definition) is 3. The first-order chi connectivity index (χ1) is 16.6. The van der Waals surface area contributed by atoms with E-state index in [0.29, 0.717) is 0 Å². The van der Waals surface area contributed by atoms with E-state index in [4.69, 9.17) is 14.6 Å². The molecule has 4 rings (SSSR count). The summed E-state index contributed by atoms with van der Waals surface area (Å²) in [6, 6.07) is 11.6. The van der Waals surface area contributed by atoms with Gasteiger partial charge in [-0.2, -0.15) is 13.2 Å². The number of halogens is 3. The minimum absolute atomic E-state index is 0.0581. The number of carboxylic acid groups (broad SMARTS) is 1. The van der Waals surface area contributed by atoms with E-state index in [1.54, 1.807) is 5.32 Å². The number of hydrogen-bond acceptors (Lipinski definition) is 5. The average Bonchev–Trinajstić information content (AvgIpc) is 3.39. The average molecular weight is 492 g/mol. The van der Waals surface area contributed by atoms with E-state index >= 15 is 0 Å². The van der Waals surface area contributed by atoms with Crippen molar-refractivity contribution in [3.05, 3.63) is 59.7 Å². The van der Waals surface area contributed by atoms with E-state index in [1.165, 1.54) is 0 Å². The summed E-state index contributed by atoms with van der Waals surface area (Å²) in [5, 5.41) is 13.0. The molecule has 0 bridgehead atoms. The number of alkyl halides is 3. The zero-order valence-corrected chi connectivity index (χ0v) is 18.4. The van der Waals surface area contributed by atoms with Crippen LogP contribution < -0.4 is 10.6 Å². The summed E-state index contributed by atoms with van der Waals surface area (Å²) >= 11 is 0. The summed E-state index contributed by atoms with van der Waals surface area (Å²) in [6.45, 7) is -0.126. The lowest BCUT2D eigenvalue weighted by Gasteiger charge is -2.23. The third-order valence-corrected chi connectivity index (χ3v) is 6.10. The molecular weight excluding hydrogens is 469 g/mol. The van der Waals surface area contributed by atoms with E-state index in [2.05, 4.69) is 5.32 Å². The molecule has 186 valence electrons. The number of rotatable bonds is 7. The Morgan fingerprint density at radius 2 is 1.66 bits per heavy atom. The molecule has 3 N–H and O–H groups in total. The topological polar surface area (TPSA) is 114 Å². The van der Waals surface area contributed by atoms with Crippen LogP contribution in [0, 0.1) is 0 Å². The number of carboxylic acids is 1. The van der Waals surface area contributed by atoms with Gasteiger partial charge in [0.15, 0.2) is 6.10 Å². The first-order valence-corrected chi connectivity index (χ1v) is 11.0. The molecule has 1 heterocycles. The second-order valence-electron chi connectivity index (χ2n) is 8.36. The predicted molar refractivity (Wildman–Crippen MR) is 117 cm³/mol. The van der Waals surface area contributed by atoms with Crippen molar-refractivity contribution in [2.24, 2.45) is 0 Å². The van der Waals surface area contributed by atoms with Crippen LogP contribution in [0.2, 0.25) is 0 Å². The van der Waals surface area contributed by atoms with Crippen LogP contribution in [0.4, 0.5) is 18.0 Å². The number of alkyl carbamates (subject to hydrolysis) is 1. The number of aliphatic carboxylic acids is 1. The van der Waals surface area contributed by atoms with Crippen LogP contribution in [-0.2, 0) is 19.1 Å². The molecule has 1 saturated heterocycles. The minimum atomic E-state index is -4.93. The van der Waals surface area contributed by atoms with E-state index < -0.39 is 48.8 Å². The standard InChI is InChI=1S/C24H23F3N2O6/c25-24(26,27)19(11-20(30)28-18-9-10-34-21(18)22(31)32)29-23(33)35-12-17-15-7-3-1-5-13(15)14-6-2-4-8-16(14)17/h1-8,17-19,21H,9-12H2,(H,28,30)(H,29,33)(H,31,32)/t18-,19?,21+/m0/s1. The Morgan fingerprint density at radius 1 is 1.06 bits per heavy atom. The molecule has 1 fully saturated rings. The fourth-order valence-electron chi connectivity index (χ4n) is 4.46. The molecule has 0 spiro atoms. The van der Waals surface area contributed by atoms with E-state index in [-0.39, 0.29) is 25.6 Å². The number of benzene rings is 2. The molecule has 2 amide bonds. The lowest BCUT2D eigenvalue weighted by molar-refractivity contribution is -0.161. The summed E-state index contributed by atoms with van der Waals surface area (Å²) in [6.07, 6.45) is -8.55. The molecule has 8 nitrogen and oxygen atoms in total. The Balaban J connectivity index is 1.37. The van der Waals surface area contributed by atoms with Crippen LogP contribution in [0.15, 0.2) is 48.5 Å². The molecule has 11 heteroatoms. The molecule has 0 saturated carbocycles. The summed E-state index contributed by atoms with van der Waals surface area (Å²) in [7, 11) is 0. The third kappa shape index (κ3) is 5.40. The third-order valence-electron chi connectivity index (χ3n) is 6.10. The van der Waals surface area contributed by atoms with Crippen LogP contribution in [-0.4, -0.2) is 60.7 Å². The number of fused-ring (bicyclic) bond motifs is 3. The number of ether oxygens (including phenoxy) is 2. The number of carbonyl (C=O) groups is 3. The summed E-state index contributed by atoms with van der Waals surface area (Å²) in [4.78, 5) is 35.6. The van der Waals surface area contributed by atoms with Crippen LogP contribution in [0.3, 0.4) is 0 Å². The van der Waals surface area contributed by atoms with Crippen LogP contribution in [0.25, 0.3) is 11.1 Å². The number of carbonyl (C=O) groups excluding carboxylic acids is 2. The van der Waals surface area contributed by atoms with Gasteiger partial charge in [-0.15, -0.1) is 0 Å². The van der Waals surface area contributed by atoms with Gasteiger partial charge in [0.05, 0.1) is 12.5 Å². The molecule has 0 aromatic heterocycles. The maximum absolute atomic E-state index is 13.5. The maximum Gasteiger partial charge on any atom is 0.409 e. The second kappa shape index (κ2) is 9.95. The Morgan fingerprint density at radius 3 is 2.23 bits per heavy atom. The van der Waals surface area contributed by atoms with Crippen molar-refractivity contribution < 1.29 is 42.1 Å². The van der Waals surface area contributed by atoms with Gasteiger partial charge in [-0.1, -0.05) is 48.5 Å². The van der Waals surface area contributed by atoms with Crippen LogP contribution in [0.1, 0.15) is 29.9 Å². The maximum atomic E-state index is 13.5. The smallest absolute Gasteiger partial charge is 0.409 e. The highest BCUT2D eigenvalue weighted by Gasteiger charge is 2.43. The highest BCUT2D eigenvalue weighted by molar-refractivity contribution is 5.81. The van der Waals surface area contributed by atoms with Gasteiger partial charge in [0.25, 0.3) is 0 Å². The zero-order chi connectivity index (χ0) is 25.2. The van der Waals surface area contributed by atoms with Crippen LogP contribution >= 0.6 is 0 Å². The molecule has 1 aliphatic heterocycles. The van der Waals surface area contributed by atoms with Crippen molar-refractivity contribution in [1.82, 2.24) is 10.6 Å². The first kappa shape index (κ1) is 24.5. The van der Waals surface area contributed by atoms with Crippen molar-refractivity contribution >= 4 is 18.0 Å². The zero-order valence-electron chi connectivity index (χ0n) is 18.4. The van der Waals surface area contributed by atoms with Crippen molar-refractivity contribution in [3.63, 3.8) is 0 Å². The number of nitrogens with one attached hydrogen (secondary N) is 2. The molecule has 35 heavy (non-hydrogen) atoms. The summed E-state index contributed by atoms with van der Waals surface area (Å²) < 4.78 is 50.7. The Hall–Kier alpha value is -3.60. The second-order valence-corrected chi connectivity index (χ2v) is 8.36. The monoisotopic (exact) mass is 492 g/mol. The van der Waals surface area contributed by atoms with E-state index in [9.17, 15) is 27.6 Å². The Bertz CT molecular complexity index is 1080. The van der Waals surface area contributed by atoms with Gasteiger partial charge in [0.2, 0.25) is 5.91 Å². The van der Waals surface area contributed by atoms with E-state index in [0.717, 1.165) is 22.3 Å². The van der Waals surface area contributed by atoms with Crippen molar-refractivity contribution in [3.8, 4) is 11.1 Å². The minimum Gasteiger partial charge on any atom is -0.479 e. The Kier molecular flexibility index (Phi) is 6.97. The van der Waals surface area contributed by atoms with Gasteiger partial charge >= 0.3 is 18.2 Å². The fourth-order valence-corrected chi connectivity index (χ4v) is 4.46. The predicted octanol–water partition coefficient (Wildman–Crippen LogP) is 3.20. The molecular formula is C24H23F3N2O6. The van der Waals surface area contributed by atoms with Gasteiger partial charge in [-0.05, 0) is 28.7 Å². The van der Waals surface area contributed by atoms with Gasteiger partial charge in [-0.3, -0.25) is 4.79 Å². The largest absolute Gasteiger partial charge is 0.479 e. The molecule has 2 aromatic rings. The first-order valence-electron chi connectivity index (χ1n) is 11.0. The van der Waals surface area contributed by atoms with Crippen LogP contribution in [0.5, 0.6) is 0 Å². The molecule has 1 unspecified atom stereocenters. The van der Waals surface area contributed by atoms with Crippen molar-refractivity contribution in [2.45, 2.75) is 43.1 Å². The SMILES string of the molecule is O=C(CC(NC(=O)OCC1c2ccccc2-c2ccccc21)C(F)(F)F)N[C@H]1CCO[C@H]1C(=O)O. The highest BCUT2D eigenvalue weighted by atomic mass is 19.4. The molecule has 3 atom stereocenters. The fraction of sp³-hybridized carbons (Fsp3) is 0.375. The van der Waals surface area contributed by atoms with Gasteiger partial charge in [0.1, 0.15) is 12.6 Å². The molecule has 2 aromatic carbocycles. The lowest BCUT2D eigenvalue weighted by atomic mass is 9.98. The van der Waals surface area contributed by atoms with Gasteiger partial charge < -0.3 is 25.2 Å². The number of amides is 2. The van der Waals surface area contributed by atoms with Crippen molar-refractivity contribution in [1.29, 1.82) is 0 Å². The summed E-state index contributed by atoms with van der Waals surface area (Å²) in [5.74, 6) is -2.72. The Labute approximate surface area is 198 Å². The summed E-state index contributed by atoms with van der Waals surface area (Å²) in [5.41, 5.74) is 3.75. The highest BCUT2D eigenvalue weighted by Crippen LogP contribution is 2.44. The lowest BCUT2D eigenvalue weighted by Crippen LogP contribution is -2.51. The normalized spacial score (nSPS) is 20.0.